The molecule has 0 unspecified atom stereocenters. The second-order valence-electron chi connectivity index (χ2n) is 7.07. The van der Waals surface area contributed by atoms with Gasteiger partial charge in [0.25, 0.3) is 11.8 Å². The van der Waals surface area contributed by atoms with Gasteiger partial charge in [-0.1, -0.05) is 60.7 Å². The first-order valence-corrected chi connectivity index (χ1v) is 9.80. The number of hydrogen-bond donors (Lipinski definition) is 2. The summed E-state index contributed by atoms with van der Waals surface area (Å²) < 4.78 is 0. The molecule has 2 amide bonds. The number of anilines is 1. The number of carbonyl (C=O) groups excluding carboxylic acids is 2. The van der Waals surface area contributed by atoms with Crippen LogP contribution in [-0.2, 0) is 11.2 Å². The minimum absolute atomic E-state index is 0.346. The van der Waals surface area contributed by atoms with E-state index in [4.69, 9.17) is 5.26 Å². The summed E-state index contributed by atoms with van der Waals surface area (Å²) >= 11 is 0. The fourth-order valence-corrected chi connectivity index (χ4v) is 3.31. The van der Waals surface area contributed by atoms with Crippen molar-refractivity contribution in [1.29, 1.82) is 5.26 Å². The van der Waals surface area contributed by atoms with Crippen LogP contribution in [0.25, 0.3) is 17.7 Å². The van der Waals surface area contributed by atoms with Crippen molar-refractivity contribution in [2.24, 2.45) is 0 Å². The summed E-state index contributed by atoms with van der Waals surface area (Å²) in [6.45, 7) is 0. The van der Waals surface area contributed by atoms with Crippen LogP contribution in [0.3, 0.4) is 0 Å². The van der Waals surface area contributed by atoms with E-state index < -0.39 is 11.8 Å². The predicted octanol–water partition coefficient (Wildman–Crippen LogP) is 4.65. The minimum Gasteiger partial charge on any atom is -0.361 e. The molecule has 3 aromatic carbocycles. The van der Waals surface area contributed by atoms with Crippen LogP contribution in [-0.4, -0.2) is 11.8 Å². The third-order valence-corrected chi connectivity index (χ3v) is 4.94. The number of amides is 2. The van der Waals surface area contributed by atoms with Gasteiger partial charge in [0.15, 0.2) is 0 Å². The van der Waals surface area contributed by atoms with Gasteiger partial charge in [-0.3, -0.25) is 14.9 Å². The monoisotopic (exact) mass is 405 g/mol. The summed E-state index contributed by atoms with van der Waals surface area (Å²) in [6.07, 6.45) is 5.88. The Morgan fingerprint density at radius 2 is 1.58 bits per heavy atom. The van der Waals surface area contributed by atoms with Crippen LogP contribution in [0.2, 0.25) is 0 Å². The highest BCUT2D eigenvalue weighted by Gasteiger charge is 2.27. The lowest BCUT2D eigenvalue weighted by Crippen LogP contribution is -2.36. The highest BCUT2D eigenvalue weighted by atomic mass is 16.2. The first kappa shape index (κ1) is 19.9. The topological polar surface area (TPSA) is 82.0 Å². The van der Waals surface area contributed by atoms with Crippen molar-refractivity contribution in [3.8, 4) is 6.07 Å². The average Bonchev–Trinajstić information content (AvgIpc) is 2.79. The predicted molar refractivity (Wildman–Crippen MR) is 122 cm³/mol. The Hall–Kier alpha value is -4.43. The molecule has 0 saturated carbocycles. The second-order valence-corrected chi connectivity index (χ2v) is 7.07. The normalized spacial score (nSPS) is 14.2. The summed E-state index contributed by atoms with van der Waals surface area (Å²) in [5.41, 5.74) is 5.06. The Bertz CT molecular complexity index is 1230. The Balaban J connectivity index is 1.63. The summed E-state index contributed by atoms with van der Waals surface area (Å²) in [5.74, 6) is -0.855. The summed E-state index contributed by atoms with van der Waals surface area (Å²) in [6, 6.07) is 24.8. The smallest absolute Gasteiger partial charge is 0.260 e. The van der Waals surface area contributed by atoms with E-state index >= 15 is 0 Å². The van der Waals surface area contributed by atoms with Gasteiger partial charge in [-0.15, -0.1) is 0 Å². The maximum atomic E-state index is 12.5. The third-order valence-electron chi connectivity index (χ3n) is 4.94. The number of benzene rings is 3. The highest BCUT2D eigenvalue weighted by Crippen LogP contribution is 2.26. The second kappa shape index (κ2) is 8.93. The van der Waals surface area contributed by atoms with Crippen molar-refractivity contribution in [3.63, 3.8) is 0 Å². The zero-order chi connectivity index (χ0) is 21.6. The van der Waals surface area contributed by atoms with Crippen molar-refractivity contribution in [3.05, 3.63) is 107 Å². The number of imide groups is 1. The van der Waals surface area contributed by atoms with Crippen LogP contribution in [0.4, 0.5) is 5.69 Å². The van der Waals surface area contributed by atoms with Crippen molar-refractivity contribution in [2.45, 2.75) is 6.42 Å². The largest absolute Gasteiger partial charge is 0.361 e. The maximum Gasteiger partial charge on any atom is 0.260 e. The average molecular weight is 405 g/mol. The van der Waals surface area contributed by atoms with Crippen LogP contribution in [0, 0.1) is 11.3 Å². The number of hydrogen-bond acceptors (Lipinski definition) is 4. The third kappa shape index (κ3) is 4.60. The molecular formula is C26H19N3O2. The molecule has 0 radical (unpaired) electrons. The molecule has 0 bridgehead atoms. The van der Waals surface area contributed by atoms with Gasteiger partial charge < -0.3 is 5.32 Å². The summed E-state index contributed by atoms with van der Waals surface area (Å²) in [4.78, 5) is 24.8. The molecule has 31 heavy (non-hydrogen) atoms. The van der Waals surface area contributed by atoms with Gasteiger partial charge in [0.05, 0.1) is 18.1 Å². The van der Waals surface area contributed by atoms with Crippen molar-refractivity contribution < 1.29 is 9.59 Å². The van der Waals surface area contributed by atoms with E-state index in [0.29, 0.717) is 23.1 Å². The minimum atomic E-state index is -0.449. The van der Waals surface area contributed by atoms with Crippen LogP contribution >= 0.6 is 0 Å². The van der Waals surface area contributed by atoms with E-state index in [1.54, 1.807) is 12.3 Å². The molecule has 4 rings (SSSR count). The van der Waals surface area contributed by atoms with Gasteiger partial charge in [-0.25, -0.2) is 0 Å². The Morgan fingerprint density at radius 3 is 2.32 bits per heavy atom. The molecule has 5 nitrogen and oxygen atoms in total. The van der Waals surface area contributed by atoms with Crippen molar-refractivity contribution in [2.75, 3.05) is 5.32 Å². The SMILES string of the molecule is N#CCc1ccc(NC=C2C(=O)NC(=O)c3ccc(C=Cc4ccccc4)cc32)cc1. The number of nitrogens with one attached hydrogen (secondary N) is 2. The van der Waals surface area contributed by atoms with E-state index in [9.17, 15) is 9.59 Å². The van der Waals surface area contributed by atoms with Crippen LogP contribution in [0.15, 0.2) is 79.0 Å². The van der Waals surface area contributed by atoms with Crippen LogP contribution in [0.5, 0.6) is 0 Å². The molecule has 1 heterocycles. The molecule has 1 aliphatic heterocycles. The standard InChI is InChI=1S/C26H19N3O2/c27-15-14-19-8-11-21(12-9-19)28-17-24-23-16-20(7-6-18-4-2-1-3-5-18)10-13-22(23)25(30)29-26(24)31/h1-13,16-17,28H,14H2,(H,29,30,31). The molecule has 1 aliphatic rings. The zero-order valence-corrected chi connectivity index (χ0v) is 16.6. The number of carbonyl (C=O) groups is 2. The van der Waals surface area contributed by atoms with Gasteiger partial charge in [0.2, 0.25) is 0 Å². The fraction of sp³-hybridized carbons (Fsp3) is 0.0385. The Morgan fingerprint density at radius 1 is 0.839 bits per heavy atom. The number of rotatable bonds is 5. The van der Waals surface area contributed by atoms with E-state index in [0.717, 1.165) is 22.4 Å². The van der Waals surface area contributed by atoms with Crippen molar-refractivity contribution >= 4 is 35.2 Å². The quantitative estimate of drug-likeness (QED) is 0.368. The molecule has 5 heteroatoms. The van der Waals surface area contributed by atoms with Crippen LogP contribution < -0.4 is 10.6 Å². The zero-order valence-electron chi connectivity index (χ0n) is 16.6. The van der Waals surface area contributed by atoms with Gasteiger partial charge in [-0.2, -0.15) is 5.26 Å². The number of nitrogens with zero attached hydrogens (tertiary/aromatic N) is 1. The first-order valence-electron chi connectivity index (χ1n) is 9.80. The Labute approximate surface area is 180 Å². The van der Waals surface area contributed by atoms with E-state index in [-0.39, 0.29) is 0 Å². The lowest BCUT2D eigenvalue weighted by atomic mass is 9.93. The molecule has 0 atom stereocenters. The summed E-state index contributed by atoms with van der Waals surface area (Å²) in [5, 5.41) is 14.3. The fourth-order valence-electron chi connectivity index (χ4n) is 3.31. The van der Waals surface area contributed by atoms with Crippen molar-refractivity contribution in [1.82, 2.24) is 5.32 Å². The molecule has 0 fully saturated rings. The molecule has 0 aromatic heterocycles. The highest BCUT2D eigenvalue weighted by molar-refractivity contribution is 6.31. The van der Waals surface area contributed by atoms with Gasteiger partial charge >= 0.3 is 0 Å². The molecule has 2 N–H and O–H groups in total. The molecule has 0 aliphatic carbocycles. The van der Waals surface area contributed by atoms with Gasteiger partial charge in [0, 0.05) is 23.0 Å². The molecule has 0 saturated heterocycles. The van der Waals surface area contributed by atoms with Crippen LogP contribution in [0.1, 0.15) is 32.6 Å². The Kier molecular flexibility index (Phi) is 5.72. The molecule has 0 spiro atoms. The first-order chi connectivity index (χ1) is 15.1. The van der Waals surface area contributed by atoms with E-state index in [1.807, 2.05) is 78.9 Å². The number of fused-ring (bicyclic) bond motifs is 1. The lowest BCUT2D eigenvalue weighted by molar-refractivity contribution is -0.114. The van der Waals surface area contributed by atoms with Gasteiger partial charge in [-0.05, 0) is 41.0 Å². The number of nitriles is 1. The molecular weight excluding hydrogens is 386 g/mol. The van der Waals surface area contributed by atoms with E-state index in [1.165, 1.54) is 0 Å². The lowest BCUT2D eigenvalue weighted by Gasteiger charge is -2.19. The van der Waals surface area contributed by atoms with E-state index in [2.05, 4.69) is 16.7 Å². The molecule has 3 aromatic rings. The van der Waals surface area contributed by atoms with Gasteiger partial charge in [0.1, 0.15) is 0 Å². The molecule has 150 valence electrons. The maximum absolute atomic E-state index is 12.5. The summed E-state index contributed by atoms with van der Waals surface area (Å²) in [7, 11) is 0.